The van der Waals surface area contributed by atoms with Crippen LogP contribution in [0.2, 0.25) is 0 Å². The van der Waals surface area contributed by atoms with Crippen molar-refractivity contribution in [2.75, 3.05) is 0 Å². The number of aliphatic hydroxyl groups excluding tert-OH is 1. The topological polar surface area (TPSA) is 33.1 Å². The molecule has 0 fully saturated rings. The van der Waals surface area contributed by atoms with Crippen LogP contribution in [0.1, 0.15) is 22.8 Å². The van der Waals surface area contributed by atoms with Crippen LogP contribution >= 0.6 is 15.9 Å². The molecule has 20 heavy (non-hydrogen) atoms. The molecule has 1 atom stereocenters. The fourth-order valence-electron chi connectivity index (χ4n) is 2.38. The predicted molar refractivity (Wildman–Crippen MR) is 84.7 cm³/mol. The van der Waals surface area contributed by atoms with Gasteiger partial charge in [0.05, 0.1) is 5.52 Å². The number of hydrogen-bond acceptors (Lipinski definition) is 2. The highest BCUT2D eigenvalue weighted by Crippen LogP contribution is 2.29. The van der Waals surface area contributed by atoms with Crippen LogP contribution in [0.25, 0.3) is 10.9 Å². The lowest BCUT2D eigenvalue weighted by atomic mass is 9.97. The van der Waals surface area contributed by atoms with Crippen molar-refractivity contribution in [2.24, 2.45) is 0 Å². The maximum Gasteiger partial charge on any atom is 0.105 e. The monoisotopic (exact) mass is 327 g/mol. The number of fused-ring (bicyclic) bond motifs is 1. The van der Waals surface area contributed by atoms with Gasteiger partial charge in [-0.05, 0) is 41.8 Å². The number of benzene rings is 2. The van der Waals surface area contributed by atoms with E-state index in [2.05, 4.69) is 20.9 Å². The first-order valence-electron chi connectivity index (χ1n) is 6.44. The first kappa shape index (κ1) is 13.3. The molecular weight excluding hydrogens is 314 g/mol. The Labute approximate surface area is 126 Å². The van der Waals surface area contributed by atoms with Crippen LogP contribution in [0.3, 0.4) is 0 Å². The van der Waals surface area contributed by atoms with Gasteiger partial charge >= 0.3 is 0 Å². The van der Waals surface area contributed by atoms with Crippen molar-refractivity contribution in [1.29, 1.82) is 0 Å². The van der Waals surface area contributed by atoms with E-state index in [4.69, 9.17) is 0 Å². The molecule has 0 aliphatic heterocycles. The molecule has 0 saturated carbocycles. The molecule has 1 aromatic heterocycles. The van der Waals surface area contributed by atoms with Gasteiger partial charge in [0.2, 0.25) is 0 Å². The SMILES string of the molecule is Cc1cc(C(O)c2cccc3ncccc23)ccc1Br. The Morgan fingerprint density at radius 1 is 1.10 bits per heavy atom. The second-order valence-corrected chi connectivity index (χ2v) is 5.68. The van der Waals surface area contributed by atoms with Crippen molar-refractivity contribution in [3.05, 3.63) is 75.9 Å². The Morgan fingerprint density at radius 3 is 2.75 bits per heavy atom. The van der Waals surface area contributed by atoms with E-state index in [-0.39, 0.29) is 0 Å². The largest absolute Gasteiger partial charge is 0.384 e. The van der Waals surface area contributed by atoms with Crippen LogP contribution in [0.4, 0.5) is 0 Å². The van der Waals surface area contributed by atoms with E-state index in [1.54, 1.807) is 6.20 Å². The van der Waals surface area contributed by atoms with E-state index < -0.39 is 6.10 Å². The van der Waals surface area contributed by atoms with Gasteiger partial charge < -0.3 is 5.11 Å². The zero-order chi connectivity index (χ0) is 14.1. The number of aliphatic hydroxyl groups is 1. The third-order valence-electron chi connectivity index (χ3n) is 3.47. The molecule has 0 bridgehead atoms. The van der Waals surface area contributed by atoms with Crippen molar-refractivity contribution in [1.82, 2.24) is 4.98 Å². The number of aromatic nitrogens is 1. The molecule has 1 unspecified atom stereocenters. The Morgan fingerprint density at radius 2 is 1.95 bits per heavy atom. The maximum absolute atomic E-state index is 10.7. The third kappa shape index (κ3) is 2.35. The number of pyridine rings is 1. The standard InChI is InChI=1S/C17H14BrNO/c1-11-10-12(7-8-15(11)18)17(20)14-4-2-6-16-13(14)5-3-9-19-16/h2-10,17,20H,1H3. The highest BCUT2D eigenvalue weighted by molar-refractivity contribution is 9.10. The molecule has 0 aliphatic rings. The molecule has 3 rings (SSSR count). The van der Waals surface area contributed by atoms with Crippen LogP contribution in [-0.2, 0) is 0 Å². The van der Waals surface area contributed by atoms with E-state index in [0.29, 0.717) is 0 Å². The lowest BCUT2D eigenvalue weighted by Crippen LogP contribution is -2.01. The fraction of sp³-hybridized carbons (Fsp3) is 0.118. The summed E-state index contributed by atoms with van der Waals surface area (Å²) in [4.78, 5) is 4.33. The summed E-state index contributed by atoms with van der Waals surface area (Å²) in [6.07, 6.45) is 1.12. The van der Waals surface area contributed by atoms with Gasteiger partial charge in [0.1, 0.15) is 6.10 Å². The number of nitrogens with zero attached hydrogens (tertiary/aromatic N) is 1. The number of aryl methyl sites for hydroxylation is 1. The quantitative estimate of drug-likeness (QED) is 0.757. The average molecular weight is 328 g/mol. The fourth-order valence-corrected chi connectivity index (χ4v) is 2.63. The van der Waals surface area contributed by atoms with Crippen LogP contribution in [-0.4, -0.2) is 10.1 Å². The summed E-state index contributed by atoms with van der Waals surface area (Å²) in [5, 5.41) is 11.7. The summed E-state index contributed by atoms with van der Waals surface area (Å²) in [7, 11) is 0. The van der Waals surface area contributed by atoms with Gasteiger partial charge in [-0.2, -0.15) is 0 Å². The van der Waals surface area contributed by atoms with Gasteiger partial charge in [-0.15, -0.1) is 0 Å². The zero-order valence-corrected chi connectivity index (χ0v) is 12.6. The average Bonchev–Trinajstić information content (AvgIpc) is 2.49. The Bertz CT molecular complexity index is 765. The van der Waals surface area contributed by atoms with Crippen molar-refractivity contribution < 1.29 is 5.11 Å². The summed E-state index contributed by atoms with van der Waals surface area (Å²) >= 11 is 3.48. The minimum atomic E-state index is -0.644. The van der Waals surface area contributed by atoms with E-state index in [1.807, 2.05) is 55.5 Å². The van der Waals surface area contributed by atoms with Crippen LogP contribution in [0.5, 0.6) is 0 Å². The van der Waals surface area contributed by atoms with E-state index >= 15 is 0 Å². The third-order valence-corrected chi connectivity index (χ3v) is 4.36. The molecule has 3 aromatic rings. The molecule has 1 N–H and O–H groups in total. The molecule has 2 nitrogen and oxygen atoms in total. The number of rotatable bonds is 2. The summed E-state index contributed by atoms with van der Waals surface area (Å²) in [6.45, 7) is 2.02. The molecule has 0 radical (unpaired) electrons. The van der Waals surface area contributed by atoms with Crippen molar-refractivity contribution in [3.63, 3.8) is 0 Å². The van der Waals surface area contributed by atoms with E-state index in [9.17, 15) is 5.11 Å². The highest BCUT2D eigenvalue weighted by atomic mass is 79.9. The Kier molecular flexibility index (Phi) is 3.55. The van der Waals surface area contributed by atoms with Gasteiger partial charge in [0, 0.05) is 16.1 Å². The lowest BCUT2D eigenvalue weighted by molar-refractivity contribution is 0.222. The van der Waals surface area contributed by atoms with Crippen molar-refractivity contribution >= 4 is 26.8 Å². The first-order valence-corrected chi connectivity index (χ1v) is 7.24. The molecule has 0 saturated heterocycles. The van der Waals surface area contributed by atoms with Crippen LogP contribution in [0.15, 0.2) is 59.2 Å². The van der Waals surface area contributed by atoms with Crippen LogP contribution < -0.4 is 0 Å². The second kappa shape index (κ2) is 5.35. The molecule has 0 spiro atoms. The molecule has 1 heterocycles. The summed E-state index contributed by atoms with van der Waals surface area (Å²) in [5.41, 5.74) is 3.79. The van der Waals surface area contributed by atoms with E-state index in [1.165, 1.54) is 0 Å². The summed E-state index contributed by atoms with van der Waals surface area (Å²) in [5.74, 6) is 0. The zero-order valence-electron chi connectivity index (χ0n) is 11.0. The molecule has 0 aliphatic carbocycles. The number of hydrogen-bond donors (Lipinski definition) is 1. The normalized spacial score (nSPS) is 12.6. The van der Waals surface area contributed by atoms with Crippen molar-refractivity contribution in [2.45, 2.75) is 13.0 Å². The van der Waals surface area contributed by atoms with E-state index in [0.717, 1.165) is 32.1 Å². The maximum atomic E-state index is 10.7. The lowest BCUT2D eigenvalue weighted by Gasteiger charge is -2.15. The molecule has 2 aromatic carbocycles. The molecule has 3 heteroatoms. The number of halogens is 1. The molecule has 0 amide bonds. The molecule has 100 valence electrons. The Balaban J connectivity index is 2.12. The predicted octanol–water partition coefficient (Wildman–Crippen LogP) is 4.39. The van der Waals surface area contributed by atoms with Gasteiger partial charge in [-0.3, -0.25) is 4.98 Å². The van der Waals surface area contributed by atoms with Gasteiger partial charge in [0.25, 0.3) is 0 Å². The van der Waals surface area contributed by atoms with Gasteiger partial charge in [-0.25, -0.2) is 0 Å². The first-order chi connectivity index (χ1) is 9.66. The highest BCUT2D eigenvalue weighted by Gasteiger charge is 2.14. The molecular formula is C17H14BrNO. The van der Waals surface area contributed by atoms with Crippen molar-refractivity contribution in [3.8, 4) is 0 Å². The van der Waals surface area contributed by atoms with Gasteiger partial charge in [-0.1, -0.05) is 46.3 Å². The van der Waals surface area contributed by atoms with Crippen LogP contribution in [0, 0.1) is 6.92 Å². The second-order valence-electron chi connectivity index (χ2n) is 4.83. The van der Waals surface area contributed by atoms with Gasteiger partial charge in [0.15, 0.2) is 0 Å². The summed E-state index contributed by atoms with van der Waals surface area (Å²) < 4.78 is 1.05. The Hall–Kier alpha value is -1.71. The minimum absolute atomic E-state index is 0.644. The summed E-state index contributed by atoms with van der Waals surface area (Å²) in [6, 6.07) is 15.6. The minimum Gasteiger partial charge on any atom is -0.384 e. The smallest absolute Gasteiger partial charge is 0.105 e.